The number of aliphatic imine (C=N–C) groups is 1. The number of nitrogens with zero attached hydrogens (tertiary/aromatic N) is 4. The molecule has 0 fully saturated rings. The van der Waals surface area contributed by atoms with E-state index < -0.39 is 12.0 Å². The van der Waals surface area contributed by atoms with Gasteiger partial charge < -0.3 is 15.5 Å². The number of benzene rings is 1. The number of carboxylic acid groups (broad SMARTS) is 1. The molecule has 1 aromatic heterocycles. The number of rotatable bonds is 8. The Balaban J connectivity index is 0.00000233. The fourth-order valence-electron chi connectivity index (χ4n) is 2.10. The van der Waals surface area contributed by atoms with Gasteiger partial charge >= 0.3 is 5.97 Å². The average molecular weight is 422 g/mol. The molecule has 2 aromatic rings. The third-order valence-electron chi connectivity index (χ3n) is 3.78. The van der Waals surface area contributed by atoms with Gasteiger partial charge in [0.1, 0.15) is 23.3 Å². The van der Waals surface area contributed by atoms with Crippen molar-refractivity contribution < 1.29 is 15.0 Å². The molecule has 0 bridgehead atoms. The highest BCUT2D eigenvalue weighted by Crippen LogP contribution is 2.06. The summed E-state index contributed by atoms with van der Waals surface area (Å²) in [5.41, 5.74) is 1.26. The minimum atomic E-state index is -1.21. The number of aromatic nitrogens is 3. The summed E-state index contributed by atoms with van der Waals surface area (Å²) in [4.78, 5) is 15.2. The van der Waals surface area contributed by atoms with Crippen molar-refractivity contribution in [1.29, 1.82) is 0 Å². The van der Waals surface area contributed by atoms with Crippen LogP contribution in [0.2, 0.25) is 0 Å². The summed E-state index contributed by atoms with van der Waals surface area (Å²) in [6.07, 6.45) is 13.2. The minimum absolute atomic E-state index is 0.178. The minimum Gasteiger partial charge on any atom is -0.507 e. The molecule has 1 aromatic carbocycles. The molecule has 0 saturated carbocycles. The number of carboxylic acids is 1. The molecule has 2 rings (SSSR count). The van der Waals surface area contributed by atoms with E-state index in [-0.39, 0.29) is 11.3 Å². The highest BCUT2D eigenvalue weighted by molar-refractivity contribution is 5.86. The van der Waals surface area contributed by atoms with E-state index >= 15 is 0 Å². The van der Waals surface area contributed by atoms with Crippen LogP contribution in [0.4, 0.5) is 0 Å². The Morgan fingerprint density at radius 1 is 1.29 bits per heavy atom. The first-order valence-corrected chi connectivity index (χ1v) is 9.66. The maximum atomic E-state index is 10.8. The van der Waals surface area contributed by atoms with Gasteiger partial charge in [-0.2, -0.15) is 0 Å². The molecule has 0 radical (unpaired) electrons. The summed E-state index contributed by atoms with van der Waals surface area (Å²) >= 11 is 0. The Morgan fingerprint density at radius 2 is 1.97 bits per heavy atom. The maximum Gasteiger partial charge on any atom is 0.335 e. The zero-order valence-electron chi connectivity index (χ0n) is 18.0. The van der Waals surface area contributed by atoms with Gasteiger partial charge in [-0.3, -0.25) is 0 Å². The van der Waals surface area contributed by atoms with Crippen molar-refractivity contribution in [2.24, 2.45) is 4.99 Å². The van der Waals surface area contributed by atoms with Crippen LogP contribution in [-0.4, -0.2) is 43.4 Å². The summed E-state index contributed by atoms with van der Waals surface area (Å²) in [6, 6.07) is 8.95. The lowest BCUT2D eigenvalue weighted by Gasteiger charge is -2.10. The van der Waals surface area contributed by atoms with Gasteiger partial charge in [0.15, 0.2) is 0 Å². The number of carbonyl (C=O) groups is 1. The summed E-state index contributed by atoms with van der Waals surface area (Å²) in [5.74, 6) is 1.38. The van der Waals surface area contributed by atoms with Crippen LogP contribution in [0.3, 0.4) is 0 Å². The van der Waals surface area contributed by atoms with Crippen LogP contribution >= 0.6 is 0 Å². The largest absolute Gasteiger partial charge is 0.507 e. The molecule has 1 heterocycles. The first-order valence-electron chi connectivity index (χ1n) is 9.66. The number of terminal acetylenes is 1. The molecule has 0 saturated heterocycles. The van der Waals surface area contributed by atoms with Gasteiger partial charge in [-0.1, -0.05) is 43.2 Å². The Kier molecular flexibility index (Phi) is 10.6. The molecule has 31 heavy (non-hydrogen) atoms. The fraction of sp³-hybridized carbons (Fsp3) is 0.217. The third-order valence-corrected chi connectivity index (χ3v) is 3.78. The van der Waals surface area contributed by atoms with Crippen LogP contribution in [0, 0.1) is 12.3 Å². The standard InChI is InChI=1S/C21H21N5O3.C2H6/c1-4-16(11-12-19(27)15(3)21(28)29)23-20(5-2)22-13-17-14-26(25-24-17)18-9-7-6-8-10-18;1-2/h1,5-14,16,23,27H,2-3H3,(H,28,29);1-2H3/b12-11-,19-15-,20-5+,22-13-;. The highest BCUT2D eigenvalue weighted by atomic mass is 16.4. The highest BCUT2D eigenvalue weighted by Gasteiger charge is 2.07. The Labute approximate surface area is 182 Å². The number of aliphatic hydroxyl groups is 1. The van der Waals surface area contributed by atoms with Crippen LogP contribution < -0.4 is 5.32 Å². The zero-order chi connectivity index (χ0) is 23.2. The Bertz CT molecular complexity index is 1010. The molecule has 1 unspecified atom stereocenters. The van der Waals surface area contributed by atoms with Gasteiger partial charge in [0.05, 0.1) is 23.7 Å². The molecule has 1 atom stereocenters. The van der Waals surface area contributed by atoms with Gasteiger partial charge in [-0.25, -0.2) is 14.5 Å². The van der Waals surface area contributed by atoms with E-state index in [0.717, 1.165) is 5.69 Å². The number of nitrogens with one attached hydrogen (secondary N) is 1. The SMILES string of the molecule is C#CC(/C=C\C(O)=C(/C)C(=O)O)NC(=C/C)/N=C\c1cn(-c2ccccc2)nn1.CC. The molecular weight excluding hydrogens is 394 g/mol. The normalized spacial score (nSPS) is 13.2. The lowest BCUT2D eigenvalue weighted by molar-refractivity contribution is -0.132. The van der Waals surface area contributed by atoms with Crippen molar-refractivity contribution in [3.63, 3.8) is 0 Å². The molecule has 0 spiro atoms. The van der Waals surface area contributed by atoms with E-state index in [9.17, 15) is 9.90 Å². The lowest BCUT2D eigenvalue weighted by Crippen LogP contribution is -2.24. The number of hydrogen-bond donors (Lipinski definition) is 3. The summed E-state index contributed by atoms with van der Waals surface area (Å²) in [5, 5.41) is 29.7. The molecule has 8 heteroatoms. The molecule has 162 valence electrons. The van der Waals surface area contributed by atoms with E-state index in [0.29, 0.717) is 11.5 Å². The lowest BCUT2D eigenvalue weighted by atomic mass is 10.2. The van der Waals surface area contributed by atoms with Crippen molar-refractivity contribution in [2.45, 2.75) is 33.7 Å². The van der Waals surface area contributed by atoms with Crippen LogP contribution in [0.15, 0.2) is 76.9 Å². The second-order valence-electron chi connectivity index (χ2n) is 5.82. The summed E-state index contributed by atoms with van der Waals surface area (Å²) in [7, 11) is 0. The molecular formula is C23H27N5O3. The topological polar surface area (TPSA) is 113 Å². The van der Waals surface area contributed by atoms with Crippen molar-refractivity contribution in [2.75, 3.05) is 0 Å². The second-order valence-corrected chi connectivity index (χ2v) is 5.82. The number of aliphatic hydroxyl groups excluding tert-OH is 1. The first kappa shape index (κ1) is 24.9. The number of hydrogen-bond acceptors (Lipinski definition) is 6. The van der Waals surface area contributed by atoms with Gasteiger partial charge in [0, 0.05) is 0 Å². The number of aliphatic carboxylic acids is 1. The van der Waals surface area contributed by atoms with Crippen molar-refractivity contribution in [3.8, 4) is 18.0 Å². The van der Waals surface area contributed by atoms with E-state index in [1.54, 1.807) is 23.9 Å². The molecule has 8 nitrogen and oxygen atoms in total. The molecule has 3 N–H and O–H groups in total. The van der Waals surface area contributed by atoms with Gasteiger partial charge in [0.2, 0.25) is 0 Å². The van der Waals surface area contributed by atoms with E-state index in [2.05, 4.69) is 26.5 Å². The fourth-order valence-corrected chi connectivity index (χ4v) is 2.10. The molecule has 0 aliphatic rings. The van der Waals surface area contributed by atoms with Gasteiger partial charge in [-0.15, -0.1) is 11.5 Å². The van der Waals surface area contributed by atoms with E-state index in [1.165, 1.54) is 25.3 Å². The maximum absolute atomic E-state index is 10.8. The van der Waals surface area contributed by atoms with E-state index in [1.807, 2.05) is 44.2 Å². The summed E-state index contributed by atoms with van der Waals surface area (Å²) < 4.78 is 1.64. The quantitative estimate of drug-likeness (QED) is 0.197. The van der Waals surface area contributed by atoms with Gasteiger partial charge in [0.25, 0.3) is 0 Å². The van der Waals surface area contributed by atoms with E-state index in [4.69, 9.17) is 11.5 Å². The predicted molar refractivity (Wildman–Crippen MR) is 122 cm³/mol. The third kappa shape index (κ3) is 8.03. The molecule has 0 amide bonds. The van der Waals surface area contributed by atoms with Crippen LogP contribution in [0.1, 0.15) is 33.4 Å². The van der Waals surface area contributed by atoms with Gasteiger partial charge in [-0.05, 0) is 44.2 Å². The average Bonchev–Trinajstić information content (AvgIpc) is 3.29. The smallest absolute Gasteiger partial charge is 0.335 e. The Hall–Kier alpha value is -4.12. The van der Waals surface area contributed by atoms with Crippen LogP contribution in [0.5, 0.6) is 0 Å². The first-order chi connectivity index (χ1) is 14.9. The molecule has 0 aliphatic carbocycles. The number of para-hydroxylation sites is 1. The van der Waals surface area contributed by atoms with Crippen molar-refractivity contribution in [3.05, 3.63) is 77.6 Å². The summed E-state index contributed by atoms with van der Waals surface area (Å²) in [6.45, 7) is 7.08. The zero-order valence-corrected chi connectivity index (χ0v) is 18.0. The predicted octanol–water partition coefficient (Wildman–Crippen LogP) is 3.64. The number of allylic oxidation sites excluding steroid dienone is 2. The Morgan fingerprint density at radius 3 is 2.55 bits per heavy atom. The van der Waals surface area contributed by atoms with Crippen LogP contribution in [0.25, 0.3) is 5.69 Å². The molecule has 0 aliphatic heterocycles. The second kappa shape index (κ2) is 13.2. The van der Waals surface area contributed by atoms with Crippen molar-refractivity contribution in [1.82, 2.24) is 20.3 Å². The van der Waals surface area contributed by atoms with Crippen molar-refractivity contribution >= 4 is 12.2 Å². The monoisotopic (exact) mass is 421 g/mol. The van der Waals surface area contributed by atoms with Crippen LogP contribution in [-0.2, 0) is 4.79 Å².